The van der Waals surface area contributed by atoms with Gasteiger partial charge in [-0.05, 0) is 49.4 Å². The summed E-state index contributed by atoms with van der Waals surface area (Å²) in [6.45, 7) is 1.93. The summed E-state index contributed by atoms with van der Waals surface area (Å²) < 4.78 is 0. The molecule has 1 fully saturated rings. The van der Waals surface area contributed by atoms with E-state index in [2.05, 4.69) is 10.3 Å². The zero-order chi connectivity index (χ0) is 11.2. The number of nitrogens with one attached hydrogen (secondary N) is 1. The third-order valence-electron chi connectivity index (χ3n) is 3.37. The molecular formula is C13H20N2O. The number of aromatic nitrogens is 1. The van der Waals surface area contributed by atoms with Crippen LogP contribution in [0.2, 0.25) is 0 Å². The second kappa shape index (κ2) is 5.97. The van der Waals surface area contributed by atoms with Crippen molar-refractivity contribution in [1.29, 1.82) is 0 Å². The summed E-state index contributed by atoms with van der Waals surface area (Å²) in [6, 6.07) is 4.10. The van der Waals surface area contributed by atoms with Crippen molar-refractivity contribution >= 4 is 0 Å². The fourth-order valence-corrected chi connectivity index (χ4v) is 2.33. The summed E-state index contributed by atoms with van der Waals surface area (Å²) in [5.74, 6) is 0.470. The van der Waals surface area contributed by atoms with Crippen molar-refractivity contribution in [3.05, 3.63) is 30.1 Å². The minimum atomic E-state index is -0.0755. The molecule has 0 bridgehead atoms. The van der Waals surface area contributed by atoms with Crippen LogP contribution < -0.4 is 5.32 Å². The van der Waals surface area contributed by atoms with Crippen LogP contribution in [0.4, 0.5) is 0 Å². The van der Waals surface area contributed by atoms with E-state index >= 15 is 0 Å². The molecule has 1 aliphatic carbocycles. The van der Waals surface area contributed by atoms with E-state index in [1.165, 1.54) is 18.4 Å². The van der Waals surface area contributed by atoms with Crippen molar-refractivity contribution in [1.82, 2.24) is 10.3 Å². The lowest BCUT2D eigenvalue weighted by molar-refractivity contribution is 0.132. The first kappa shape index (κ1) is 11.6. The molecule has 1 aromatic rings. The van der Waals surface area contributed by atoms with Crippen molar-refractivity contribution in [2.75, 3.05) is 13.1 Å². The highest BCUT2D eigenvalue weighted by Crippen LogP contribution is 2.24. The van der Waals surface area contributed by atoms with E-state index in [0.29, 0.717) is 5.92 Å². The molecule has 3 nitrogen and oxygen atoms in total. The minimum Gasteiger partial charge on any atom is -0.393 e. The summed E-state index contributed by atoms with van der Waals surface area (Å²) in [5.41, 5.74) is 1.31. The number of hydrogen-bond donors (Lipinski definition) is 2. The molecule has 16 heavy (non-hydrogen) atoms. The smallest absolute Gasteiger partial charge is 0.0580 e. The molecule has 0 spiro atoms. The Bertz CT molecular complexity index is 302. The summed E-state index contributed by atoms with van der Waals surface area (Å²) in [4.78, 5) is 3.99. The molecule has 88 valence electrons. The highest BCUT2D eigenvalue weighted by molar-refractivity contribution is 5.09. The Hall–Kier alpha value is -0.930. The van der Waals surface area contributed by atoms with Crippen molar-refractivity contribution in [3.8, 4) is 0 Å². The molecule has 1 aromatic heterocycles. The van der Waals surface area contributed by atoms with Gasteiger partial charge in [-0.1, -0.05) is 6.42 Å². The van der Waals surface area contributed by atoms with Crippen molar-refractivity contribution in [3.63, 3.8) is 0 Å². The number of aliphatic hydroxyl groups excluding tert-OH is 1. The van der Waals surface area contributed by atoms with Gasteiger partial charge in [0, 0.05) is 18.9 Å². The maximum Gasteiger partial charge on any atom is 0.0580 e. The van der Waals surface area contributed by atoms with Gasteiger partial charge in [0.15, 0.2) is 0 Å². The van der Waals surface area contributed by atoms with E-state index < -0.39 is 0 Å². The SMILES string of the molecule is OC1CCCC1CNCCc1ccncc1. The third kappa shape index (κ3) is 3.29. The van der Waals surface area contributed by atoms with E-state index in [0.717, 1.165) is 25.9 Å². The Labute approximate surface area is 96.9 Å². The van der Waals surface area contributed by atoms with Crippen LogP contribution >= 0.6 is 0 Å². The molecule has 0 radical (unpaired) electrons. The fourth-order valence-electron chi connectivity index (χ4n) is 2.33. The molecule has 0 aromatic carbocycles. The van der Waals surface area contributed by atoms with Gasteiger partial charge in [-0.3, -0.25) is 4.98 Å². The summed E-state index contributed by atoms with van der Waals surface area (Å²) in [7, 11) is 0. The summed E-state index contributed by atoms with van der Waals surface area (Å²) in [6.07, 6.45) is 7.95. The monoisotopic (exact) mass is 220 g/mol. The quantitative estimate of drug-likeness (QED) is 0.737. The van der Waals surface area contributed by atoms with Crippen LogP contribution in [-0.2, 0) is 6.42 Å². The fraction of sp³-hybridized carbons (Fsp3) is 0.615. The molecule has 1 aliphatic rings. The second-order valence-electron chi connectivity index (χ2n) is 4.57. The Kier molecular flexibility index (Phi) is 4.31. The number of hydrogen-bond acceptors (Lipinski definition) is 3. The van der Waals surface area contributed by atoms with Crippen molar-refractivity contribution in [2.24, 2.45) is 5.92 Å². The van der Waals surface area contributed by atoms with Crippen LogP contribution in [-0.4, -0.2) is 29.3 Å². The largest absolute Gasteiger partial charge is 0.393 e. The summed E-state index contributed by atoms with van der Waals surface area (Å²) in [5, 5.41) is 13.1. The topological polar surface area (TPSA) is 45.1 Å². The van der Waals surface area contributed by atoms with E-state index in [4.69, 9.17) is 0 Å². The predicted molar refractivity (Wildman–Crippen MR) is 64.2 cm³/mol. The first-order valence-electron chi connectivity index (χ1n) is 6.14. The Morgan fingerprint density at radius 1 is 1.31 bits per heavy atom. The maximum atomic E-state index is 9.66. The molecule has 2 rings (SSSR count). The van der Waals surface area contributed by atoms with Crippen LogP contribution in [0.3, 0.4) is 0 Å². The molecular weight excluding hydrogens is 200 g/mol. The molecule has 3 heteroatoms. The van der Waals surface area contributed by atoms with Gasteiger partial charge in [-0.15, -0.1) is 0 Å². The molecule has 0 aliphatic heterocycles. The molecule has 1 saturated carbocycles. The Balaban J connectivity index is 1.62. The molecule has 1 heterocycles. The van der Waals surface area contributed by atoms with E-state index in [1.807, 2.05) is 24.5 Å². The third-order valence-corrected chi connectivity index (χ3v) is 3.37. The maximum absolute atomic E-state index is 9.66. The van der Waals surface area contributed by atoms with Gasteiger partial charge in [0.2, 0.25) is 0 Å². The Morgan fingerprint density at radius 2 is 2.12 bits per heavy atom. The summed E-state index contributed by atoms with van der Waals surface area (Å²) >= 11 is 0. The number of pyridine rings is 1. The van der Waals surface area contributed by atoms with Gasteiger partial charge >= 0.3 is 0 Å². The molecule has 2 N–H and O–H groups in total. The van der Waals surface area contributed by atoms with Gasteiger partial charge < -0.3 is 10.4 Å². The van der Waals surface area contributed by atoms with Crippen LogP contribution in [0.25, 0.3) is 0 Å². The lowest BCUT2D eigenvalue weighted by Crippen LogP contribution is -2.29. The minimum absolute atomic E-state index is 0.0755. The average Bonchev–Trinajstić information content (AvgIpc) is 2.72. The van der Waals surface area contributed by atoms with Gasteiger partial charge in [0.25, 0.3) is 0 Å². The first-order valence-corrected chi connectivity index (χ1v) is 6.14. The molecule has 2 atom stereocenters. The standard InChI is InChI=1S/C13H20N2O/c16-13-3-1-2-12(13)10-15-9-6-11-4-7-14-8-5-11/h4-5,7-8,12-13,15-16H,1-3,6,9-10H2. The first-order chi connectivity index (χ1) is 7.86. The van der Waals surface area contributed by atoms with E-state index in [9.17, 15) is 5.11 Å². The average molecular weight is 220 g/mol. The van der Waals surface area contributed by atoms with Crippen LogP contribution in [0, 0.1) is 5.92 Å². The predicted octanol–water partition coefficient (Wildman–Crippen LogP) is 1.37. The van der Waals surface area contributed by atoms with E-state index in [-0.39, 0.29) is 6.10 Å². The number of aliphatic hydroxyl groups is 1. The van der Waals surface area contributed by atoms with Crippen LogP contribution in [0.5, 0.6) is 0 Å². The zero-order valence-corrected chi connectivity index (χ0v) is 9.60. The number of nitrogens with zero attached hydrogens (tertiary/aromatic N) is 1. The highest BCUT2D eigenvalue weighted by Gasteiger charge is 2.24. The lowest BCUT2D eigenvalue weighted by atomic mass is 10.1. The highest BCUT2D eigenvalue weighted by atomic mass is 16.3. The van der Waals surface area contributed by atoms with Crippen LogP contribution in [0.1, 0.15) is 24.8 Å². The van der Waals surface area contributed by atoms with Crippen molar-refractivity contribution in [2.45, 2.75) is 31.8 Å². The van der Waals surface area contributed by atoms with Gasteiger partial charge in [0.1, 0.15) is 0 Å². The number of rotatable bonds is 5. The van der Waals surface area contributed by atoms with Gasteiger partial charge in [0.05, 0.1) is 6.10 Å². The lowest BCUT2D eigenvalue weighted by Gasteiger charge is -2.14. The van der Waals surface area contributed by atoms with Gasteiger partial charge in [-0.25, -0.2) is 0 Å². The normalized spacial score (nSPS) is 24.8. The molecule has 0 amide bonds. The molecule has 0 saturated heterocycles. The molecule has 2 unspecified atom stereocenters. The Morgan fingerprint density at radius 3 is 2.81 bits per heavy atom. The zero-order valence-electron chi connectivity index (χ0n) is 9.60. The van der Waals surface area contributed by atoms with Crippen molar-refractivity contribution < 1.29 is 5.11 Å². The second-order valence-corrected chi connectivity index (χ2v) is 4.57. The van der Waals surface area contributed by atoms with Crippen LogP contribution in [0.15, 0.2) is 24.5 Å². The van der Waals surface area contributed by atoms with Gasteiger partial charge in [-0.2, -0.15) is 0 Å². The van der Waals surface area contributed by atoms with E-state index in [1.54, 1.807) is 0 Å².